The molecule has 0 saturated carbocycles. The lowest BCUT2D eigenvalue weighted by Crippen LogP contribution is -2.17. The number of hydrogen-bond donors (Lipinski definition) is 1. The van der Waals surface area contributed by atoms with Gasteiger partial charge >= 0.3 is 0 Å². The van der Waals surface area contributed by atoms with Gasteiger partial charge in [-0.1, -0.05) is 61.5 Å². The SMILES string of the molecule is CCc1cccc(C)c1NC(=O)c1ccccc1COc1ccccc1. The number of carbonyl (C=O) groups is 1. The van der Waals surface area contributed by atoms with E-state index in [-0.39, 0.29) is 5.91 Å². The molecule has 3 nitrogen and oxygen atoms in total. The molecule has 0 heterocycles. The average molecular weight is 345 g/mol. The first-order chi connectivity index (χ1) is 12.7. The molecular weight excluding hydrogens is 322 g/mol. The van der Waals surface area contributed by atoms with Crippen LogP contribution < -0.4 is 10.1 Å². The molecular formula is C23H23NO2. The number of hydrogen-bond acceptors (Lipinski definition) is 2. The molecule has 3 rings (SSSR count). The number of anilines is 1. The van der Waals surface area contributed by atoms with Crippen LogP contribution in [-0.4, -0.2) is 5.91 Å². The fourth-order valence-electron chi connectivity index (χ4n) is 2.93. The van der Waals surface area contributed by atoms with Crippen molar-refractivity contribution in [3.63, 3.8) is 0 Å². The van der Waals surface area contributed by atoms with Crippen molar-refractivity contribution in [1.29, 1.82) is 0 Å². The van der Waals surface area contributed by atoms with Gasteiger partial charge in [-0.25, -0.2) is 0 Å². The second kappa shape index (κ2) is 8.34. The third-order valence-corrected chi connectivity index (χ3v) is 4.38. The molecule has 0 atom stereocenters. The standard InChI is InChI=1S/C23H23NO2/c1-3-18-12-9-10-17(2)22(18)24-23(25)21-15-8-7-11-19(21)16-26-20-13-5-4-6-14-20/h4-15H,3,16H2,1-2H3,(H,24,25). The van der Waals surface area contributed by atoms with E-state index in [0.29, 0.717) is 12.2 Å². The van der Waals surface area contributed by atoms with Gasteiger partial charge in [-0.15, -0.1) is 0 Å². The molecule has 1 N–H and O–H groups in total. The van der Waals surface area contributed by atoms with Gasteiger partial charge in [0.15, 0.2) is 0 Å². The Morgan fingerprint density at radius 3 is 2.35 bits per heavy atom. The summed E-state index contributed by atoms with van der Waals surface area (Å²) in [5.74, 6) is 0.677. The molecule has 26 heavy (non-hydrogen) atoms. The van der Waals surface area contributed by atoms with Gasteiger partial charge in [-0.2, -0.15) is 0 Å². The minimum atomic E-state index is -0.110. The van der Waals surface area contributed by atoms with Gasteiger partial charge in [-0.3, -0.25) is 4.79 Å². The van der Waals surface area contributed by atoms with Crippen LogP contribution in [-0.2, 0) is 13.0 Å². The Labute approximate surface area is 154 Å². The minimum Gasteiger partial charge on any atom is -0.489 e. The molecule has 0 aliphatic carbocycles. The Kier molecular flexibility index (Phi) is 5.69. The normalized spacial score (nSPS) is 10.4. The Hall–Kier alpha value is -3.07. The van der Waals surface area contributed by atoms with Gasteiger partial charge in [0.05, 0.1) is 0 Å². The van der Waals surface area contributed by atoms with Crippen LogP contribution in [0.3, 0.4) is 0 Å². The summed E-state index contributed by atoms with van der Waals surface area (Å²) >= 11 is 0. The van der Waals surface area contributed by atoms with Gasteiger partial charge in [0, 0.05) is 16.8 Å². The van der Waals surface area contributed by atoms with Crippen molar-refractivity contribution in [2.75, 3.05) is 5.32 Å². The number of nitrogens with one attached hydrogen (secondary N) is 1. The highest BCUT2D eigenvalue weighted by molar-refractivity contribution is 6.06. The highest BCUT2D eigenvalue weighted by Crippen LogP contribution is 2.23. The van der Waals surface area contributed by atoms with Gasteiger partial charge in [0.1, 0.15) is 12.4 Å². The lowest BCUT2D eigenvalue weighted by Gasteiger charge is -2.15. The van der Waals surface area contributed by atoms with Crippen molar-refractivity contribution in [3.05, 3.63) is 95.1 Å². The molecule has 3 aromatic carbocycles. The van der Waals surface area contributed by atoms with E-state index in [2.05, 4.69) is 12.2 Å². The molecule has 1 amide bonds. The zero-order valence-corrected chi connectivity index (χ0v) is 15.2. The maximum Gasteiger partial charge on any atom is 0.256 e. The first-order valence-electron chi connectivity index (χ1n) is 8.84. The van der Waals surface area contributed by atoms with Crippen LogP contribution in [0.4, 0.5) is 5.69 Å². The number of rotatable bonds is 6. The maximum atomic E-state index is 12.9. The molecule has 3 aromatic rings. The van der Waals surface area contributed by atoms with Gasteiger partial charge in [0.25, 0.3) is 5.91 Å². The monoisotopic (exact) mass is 345 g/mol. The first kappa shape index (κ1) is 17.7. The van der Waals surface area contributed by atoms with E-state index >= 15 is 0 Å². The summed E-state index contributed by atoms with van der Waals surface area (Å²) in [5.41, 5.74) is 4.60. The van der Waals surface area contributed by atoms with Crippen molar-refractivity contribution < 1.29 is 9.53 Å². The molecule has 3 heteroatoms. The van der Waals surface area contributed by atoms with E-state index in [1.807, 2.05) is 79.7 Å². The molecule has 0 fully saturated rings. The minimum absolute atomic E-state index is 0.110. The molecule has 0 aliphatic rings. The summed E-state index contributed by atoms with van der Waals surface area (Å²) in [7, 11) is 0. The maximum absolute atomic E-state index is 12.9. The summed E-state index contributed by atoms with van der Waals surface area (Å²) in [6.45, 7) is 4.45. The second-order valence-corrected chi connectivity index (χ2v) is 6.18. The average Bonchev–Trinajstić information content (AvgIpc) is 2.69. The van der Waals surface area contributed by atoms with E-state index < -0.39 is 0 Å². The van der Waals surface area contributed by atoms with Crippen LogP contribution in [0.5, 0.6) is 5.75 Å². The third kappa shape index (κ3) is 4.12. The number of benzene rings is 3. The van der Waals surface area contributed by atoms with Gasteiger partial charge in [-0.05, 0) is 42.7 Å². The van der Waals surface area contributed by atoms with E-state index in [9.17, 15) is 4.79 Å². The van der Waals surface area contributed by atoms with Crippen molar-refractivity contribution in [2.24, 2.45) is 0 Å². The number of ether oxygens (including phenoxy) is 1. The molecule has 0 aliphatic heterocycles. The summed E-state index contributed by atoms with van der Waals surface area (Å²) in [6, 6.07) is 23.3. The second-order valence-electron chi connectivity index (χ2n) is 6.18. The number of carbonyl (C=O) groups excluding carboxylic acids is 1. The van der Waals surface area contributed by atoms with Crippen LogP contribution in [0.2, 0.25) is 0 Å². The fourth-order valence-corrected chi connectivity index (χ4v) is 2.93. The zero-order valence-electron chi connectivity index (χ0n) is 15.2. The molecule has 0 saturated heterocycles. The van der Waals surface area contributed by atoms with Crippen molar-refractivity contribution >= 4 is 11.6 Å². The van der Waals surface area contributed by atoms with Crippen molar-refractivity contribution in [2.45, 2.75) is 26.9 Å². The van der Waals surface area contributed by atoms with Crippen LogP contribution in [0, 0.1) is 6.92 Å². The molecule has 0 unspecified atom stereocenters. The van der Waals surface area contributed by atoms with E-state index in [1.165, 1.54) is 0 Å². The lowest BCUT2D eigenvalue weighted by molar-refractivity contribution is 0.102. The third-order valence-electron chi connectivity index (χ3n) is 4.38. The molecule has 132 valence electrons. The summed E-state index contributed by atoms with van der Waals surface area (Å²) < 4.78 is 5.82. The number of amides is 1. The van der Waals surface area contributed by atoms with Crippen LogP contribution in [0.25, 0.3) is 0 Å². The summed E-state index contributed by atoms with van der Waals surface area (Å²) in [6.07, 6.45) is 0.871. The number of aryl methyl sites for hydroxylation is 2. The van der Waals surface area contributed by atoms with E-state index in [0.717, 1.165) is 34.5 Å². The highest BCUT2D eigenvalue weighted by Gasteiger charge is 2.14. The quantitative estimate of drug-likeness (QED) is 0.650. The Bertz CT molecular complexity index is 888. The fraction of sp³-hybridized carbons (Fsp3) is 0.174. The van der Waals surface area contributed by atoms with Gasteiger partial charge in [0.2, 0.25) is 0 Å². The predicted molar refractivity (Wildman–Crippen MR) is 106 cm³/mol. The van der Waals surface area contributed by atoms with Crippen LogP contribution >= 0.6 is 0 Å². The molecule has 0 spiro atoms. The molecule has 0 aromatic heterocycles. The summed E-state index contributed by atoms with van der Waals surface area (Å²) in [4.78, 5) is 12.9. The van der Waals surface area contributed by atoms with E-state index in [1.54, 1.807) is 0 Å². The van der Waals surface area contributed by atoms with Crippen LogP contribution in [0.15, 0.2) is 72.8 Å². The Morgan fingerprint density at radius 1 is 0.885 bits per heavy atom. The van der Waals surface area contributed by atoms with E-state index in [4.69, 9.17) is 4.74 Å². The molecule has 0 bridgehead atoms. The largest absolute Gasteiger partial charge is 0.489 e. The molecule has 0 radical (unpaired) electrons. The van der Waals surface area contributed by atoms with Gasteiger partial charge < -0.3 is 10.1 Å². The van der Waals surface area contributed by atoms with Crippen molar-refractivity contribution in [3.8, 4) is 5.75 Å². The topological polar surface area (TPSA) is 38.3 Å². The zero-order chi connectivity index (χ0) is 18.4. The van der Waals surface area contributed by atoms with Crippen LogP contribution in [0.1, 0.15) is 34.0 Å². The summed E-state index contributed by atoms with van der Waals surface area (Å²) in [5, 5.41) is 3.09. The Morgan fingerprint density at radius 2 is 1.58 bits per heavy atom. The Balaban J connectivity index is 1.80. The smallest absolute Gasteiger partial charge is 0.256 e. The first-order valence-corrected chi connectivity index (χ1v) is 8.84. The highest BCUT2D eigenvalue weighted by atomic mass is 16.5. The van der Waals surface area contributed by atoms with Crippen molar-refractivity contribution in [1.82, 2.24) is 0 Å². The predicted octanol–water partition coefficient (Wildman–Crippen LogP) is 5.39. The lowest BCUT2D eigenvalue weighted by atomic mass is 10.0. The number of para-hydroxylation sites is 2.